The largest absolute Gasteiger partial charge is 0.319 e. The highest BCUT2D eigenvalue weighted by Gasteiger charge is 2.08. The van der Waals surface area contributed by atoms with E-state index in [0.717, 1.165) is 41.8 Å². The van der Waals surface area contributed by atoms with Crippen molar-refractivity contribution in [2.45, 2.75) is 32.1 Å². The number of amides is 1. The third kappa shape index (κ3) is 8.02. The predicted molar refractivity (Wildman–Crippen MR) is 137 cm³/mol. The Hall–Kier alpha value is -4.09. The van der Waals surface area contributed by atoms with E-state index in [1.165, 1.54) is 10.4 Å². The lowest BCUT2D eigenvalue weighted by molar-refractivity contribution is -0.115. The molecule has 1 atom stereocenters. The lowest BCUT2D eigenvalue weighted by Crippen LogP contribution is -2.14. The van der Waals surface area contributed by atoms with Crippen LogP contribution in [0.4, 0.5) is 5.82 Å². The van der Waals surface area contributed by atoms with Crippen molar-refractivity contribution in [1.82, 2.24) is 25.3 Å². The summed E-state index contributed by atoms with van der Waals surface area (Å²) in [5.41, 5.74) is 4.67. The second-order valence-electron chi connectivity index (χ2n) is 8.33. The minimum Gasteiger partial charge on any atom is -0.319 e. The van der Waals surface area contributed by atoms with Gasteiger partial charge >= 0.3 is 0 Å². The van der Waals surface area contributed by atoms with Crippen molar-refractivity contribution in [3.63, 3.8) is 0 Å². The molecule has 35 heavy (non-hydrogen) atoms. The van der Waals surface area contributed by atoms with Gasteiger partial charge in [-0.25, -0.2) is 4.98 Å². The predicted octanol–water partition coefficient (Wildman–Crippen LogP) is 4.36. The van der Waals surface area contributed by atoms with Crippen molar-refractivity contribution in [2.75, 3.05) is 18.9 Å². The van der Waals surface area contributed by atoms with Gasteiger partial charge in [-0.15, -0.1) is 0 Å². The molecule has 1 aliphatic rings. The Morgan fingerprint density at radius 2 is 1.97 bits per heavy atom. The van der Waals surface area contributed by atoms with Crippen LogP contribution in [0.25, 0.3) is 11.3 Å². The Labute approximate surface area is 206 Å². The molecule has 1 aromatic carbocycles. The number of nitrogens with zero attached hydrogens (tertiary/aromatic N) is 5. The van der Waals surface area contributed by atoms with Crippen molar-refractivity contribution in [2.24, 2.45) is 7.05 Å². The van der Waals surface area contributed by atoms with Crippen LogP contribution < -0.4 is 10.6 Å². The zero-order valence-corrected chi connectivity index (χ0v) is 20.4. The number of rotatable bonds is 7. The highest BCUT2D eigenvalue weighted by molar-refractivity contribution is 5.91. The van der Waals surface area contributed by atoms with Crippen LogP contribution in [0.5, 0.6) is 0 Å². The molecule has 1 amide bonds. The summed E-state index contributed by atoms with van der Waals surface area (Å²) in [6.07, 6.45) is 12.0. The second-order valence-corrected chi connectivity index (χ2v) is 8.33. The minimum absolute atomic E-state index is 0.0578. The first-order chi connectivity index (χ1) is 17.0. The molecule has 8 heteroatoms. The van der Waals surface area contributed by atoms with Crippen molar-refractivity contribution >= 4 is 11.7 Å². The molecule has 0 fully saturated rings. The lowest BCUT2D eigenvalue weighted by atomic mass is 10.0. The Bertz CT molecular complexity index is 1200. The summed E-state index contributed by atoms with van der Waals surface area (Å²) in [5, 5.41) is 22.8. The molecule has 1 unspecified atom stereocenters. The van der Waals surface area contributed by atoms with E-state index in [1.807, 2.05) is 43.5 Å². The smallest absolute Gasteiger partial charge is 0.229 e. The quantitative estimate of drug-likeness (QED) is 0.532. The minimum atomic E-state index is -0.0578. The monoisotopic (exact) mass is 469 g/mol. The SMILES string of the molecule is CNCC(C)c1ccc(C#N)cc1.Cn1ncc(-c2ccc(NC(=O)CC3=CCCC=C3)nc2)n1. The summed E-state index contributed by atoms with van der Waals surface area (Å²) in [6, 6.07) is 13.5. The van der Waals surface area contributed by atoms with Gasteiger partial charge in [0.1, 0.15) is 11.5 Å². The molecule has 0 radical (unpaired) electrons. The van der Waals surface area contributed by atoms with E-state index in [9.17, 15) is 4.79 Å². The van der Waals surface area contributed by atoms with Crippen molar-refractivity contribution in [1.29, 1.82) is 5.26 Å². The van der Waals surface area contributed by atoms with Crippen LogP contribution in [0.2, 0.25) is 0 Å². The van der Waals surface area contributed by atoms with Gasteiger partial charge in [0, 0.05) is 25.4 Å². The van der Waals surface area contributed by atoms with Gasteiger partial charge in [0.05, 0.1) is 24.3 Å². The van der Waals surface area contributed by atoms with Crippen molar-refractivity contribution < 1.29 is 4.79 Å². The normalized spacial score (nSPS) is 13.1. The van der Waals surface area contributed by atoms with Crippen LogP contribution in [-0.2, 0) is 11.8 Å². The van der Waals surface area contributed by atoms with Crippen LogP contribution in [-0.4, -0.2) is 39.5 Å². The van der Waals surface area contributed by atoms with Crippen molar-refractivity contribution in [3.05, 3.63) is 83.7 Å². The highest BCUT2D eigenvalue weighted by Crippen LogP contribution is 2.18. The average molecular weight is 470 g/mol. The Balaban J connectivity index is 0.000000225. The van der Waals surface area contributed by atoms with Gasteiger partial charge in [-0.3, -0.25) is 4.79 Å². The number of carbonyl (C=O) groups excluding carboxylic acids is 1. The molecule has 1 aliphatic carbocycles. The fourth-order valence-corrected chi connectivity index (χ4v) is 3.58. The van der Waals surface area contributed by atoms with Gasteiger partial charge in [-0.05, 0) is 61.2 Å². The number of pyridine rings is 1. The number of hydrogen-bond donors (Lipinski definition) is 2. The van der Waals surface area contributed by atoms with Crippen LogP contribution in [0.1, 0.15) is 43.2 Å². The fraction of sp³-hybridized carbons (Fsp3) is 0.296. The molecule has 8 nitrogen and oxygen atoms in total. The third-order valence-electron chi connectivity index (χ3n) is 5.48. The highest BCUT2D eigenvalue weighted by atomic mass is 16.1. The number of likely N-dealkylation sites (N-methyl/N-ethyl adjacent to an activating group) is 1. The van der Waals surface area contributed by atoms with Gasteiger partial charge in [0.15, 0.2) is 0 Å². The molecule has 2 N–H and O–H groups in total. The van der Waals surface area contributed by atoms with Gasteiger partial charge < -0.3 is 10.6 Å². The Kier molecular flexibility index (Phi) is 9.46. The molecule has 0 saturated heterocycles. The first-order valence-electron chi connectivity index (χ1n) is 11.6. The summed E-state index contributed by atoms with van der Waals surface area (Å²) in [5.74, 6) is 0.980. The maximum Gasteiger partial charge on any atom is 0.229 e. The van der Waals surface area contributed by atoms with E-state index in [2.05, 4.69) is 51.0 Å². The number of aromatic nitrogens is 4. The average Bonchev–Trinajstić information content (AvgIpc) is 3.32. The molecule has 2 aromatic heterocycles. The number of allylic oxidation sites excluding steroid dienone is 3. The fourth-order valence-electron chi connectivity index (χ4n) is 3.58. The second kappa shape index (κ2) is 13.0. The summed E-state index contributed by atoms with van der Waals surface area (Å²) in [7, 11) is 3.71. The van der Waals surface area contributed by atoms with Gasteiger partial charge in [0.25, 0.3) is 0 Å². The molecular weight excluding hydrogens is 438 g/mol. The van der Waals surface area contributed by atoms with Gasteiger partial charge in [-0.1, -0.05) is 37.3 Å². The van der Waals surface area contributed by atoms with E-state index >= 15 is 0 Å². The molecule has 4 rings (SSSR count). The number of carbonyl (C=O) groups is 1. The first-order valence-corrected chi connectivity index (χ1v) is 11.6. The van der Waals surface area contributed by atoms with Crippen LogP contribution in [0.15, 0.2) is 72.6 Å². The molecule has 0 saturated carbocycles. The van der Waals surface area contributed by atoms with Crippen LogP contribution in [0, 0.1) is 11.3 Å². The molecule has 0 aliphatic heterocycles. The summed E-state index contributed by atoms with van der Waals surface area (Å²) < 4.78 is 0. The zero-order chi connectivity index (χ0) is 25.0. The lowest BCUT2D eigenvalue weighted by Gasteiger charge is -2.10. The van der Waals surface area contributed by atoms with E-state index in [1.54, 1.807) is 25.5 Å². The number of anilines is 1. The maximum atomic E-state index is 12.0. The summed E-state index contributed by atoms with van der Waals surface area (Å²) in [6.45, 7) is 3.13. The topological polar surface area (TPSA) is 109 Å². The number of nitriles is 1. The molecule has 180 valence electrons. The number of aryl methyl sites for hydroxylation is 1. The van der Waals surface area contributed by atoms with Gasteiger partial charge in [0.2, 0.25) is 5.91 Å². The molecule has 2 heterocycles. The van der Waals surface area contributed by atoms with E-state index in [4.69, 9.17) is 5.26 Å². The van der Waals surface area contributed by atoms with E-state index in [-0.39, 0.29) is 5.91 Å². The summed E-state index contributed by atoms with van der Waals surface area (Å²) >= 11 is 0. The number of benzene rings is 1. The molecule has 3 aromatic rings. The molecule has 0 spiro atoms. The number of hydrogen-bond acceptors (Lipinski definition) is 6. The Morgan fingerprint density at radius 1 is 1.17 bits per heavy atom. The zero-order valence-electron chi connectivity index (χ0n) is 20.4. The standard InChI is InChI=1S/C16H17N5O.C11H14N2/c1-21-18-11-14(20-21)13-7-8-15(17-10-13)19-16(22)9-12-5-3-2-4-6-12;1-9(8-13-2)11-5-3-10(7-12)4-6-11/h3,5-8,10-11H,2,4,9H2,1H3,(H,17,19,22);3-6,9,13H,8H2,1-2H3. The molecule has 0 bridgehead atoms. The Morgan fingerprint density at radius 3 is 2.54 bits per heavy atom. The first kappa shape index (κ1) is 25.5. The van der Waals surface area contributed by atoms with E-state index in [0.29, 0.717) is 18.2 Å². The third-order valence-corrected chi connectivity index (χ3v) is 5.48. The van der Waals surface area contributed by atoms with Crippen LogP contribution in [0.3, 0.4) is 0 Å². The van der Waals surface area contributed by atoms with Crippen LogP contribution >= 0.6 is 0 Å². The summed E-state index contributed by atoms with van der Waals surface area (Å²) in [4.78, 5) is 17.7. The van der Waals surface area contributed by atoms with Crippen molar-refractivity contribution in [3.8, 4) is 17.3 Å². The maximum absolute atomic E-state index is 12.0. The van der Waals surface area contributed by atoms with Gasteiger partial charge in [-0.2, -0.15) is 20.3 Å². The molecular formula is C27H31N7O. The van der Waals surface area contributed by atoms with E-state index < -0.39 is 0 Å². The number of nitrogens with one attached hydrogen (secondary N) is 2.